The smallest absolute Gasteiger partial charge is 0.317 e. The van der Waals surface area contributed by atoms with Crippen molar-refractivity contribution in [3.8, 4) is 0 Å². The molecule has 88 valence electrons. The van der Waals surface area contributed by atoms with Gasteiger partial charge in [0.15, 0.2) is 0 Å². The first-order valence-corrected chi connectivity index (χ1v) is 5.55. The van der Waals surface area contributed by atoms with Gasteiger partial charge in [0, 0.05) is 18.6 Å². The van der Waals surface area contributed by atoms with Crippen LogP contribution in [0.2, 0.25) is 0 Å². The van der Waals surface area contributed by atoms with Gasteiger partial charge in [-0.15, -0.1) is 0 Å². The topological polar surface area (TPSA) is 52.6 Å². The molecule has 2 amide bonds. The third-order valence-electron chi connectivity index (χ3n) is 2.69. The average molecular weight is 214 g/mol. The molecule has 0 saturated carbocycles. The Balaban J connectivity index is 2.48. The number of amides is 2. The highest BCUT2D eigenvalue weighted by atomic mass is 16.3. The van der Waals surface area contributed by atoms with E-state index in [9.17, 15) is 9.90 Å². The van der Waals surface area contributed by atoms with Gasteiger partial charge >= 0.3 is 6.03 Å². The van der Waals surface area contributed by atoms with Crippen LogP contribution in [0.4, 0.5) is 4.79 Å². The maximum Gasteiger partial charge on any atom is 0.317 e. The van der Waals surface area contributed by atoms with E-state index >= 15 is 0 Å². The Morgan fingerprint density at radius 3 is 2.53 bits per heavy atom. The van der Waals surface area contributed by atoms with Crippen LogP contribution < -0.4 is 5.32 Å². The summed E-state index contributed by atoms with van der Waals surface area (Å²) < 4.78 is 0. The summed E-state index contributed by atoms with van der Waals surface area (Å²) >= 11 is 0. The van der Waals surface area contributed by atoms with E-state index in [1.54, 1.807) is 4.90 Å². The van der Waals surface area contributed by atoms with E-state index in [-0.39, 0.29) is 17.7 Å². The second kappa shape index (κ2) is 4.39. The van der Waals surface area contributed by atoms with E-state index in [0.29, 0.717) is 12.5 Å². The molecule has 1 aliphatic rings. The van der Waals surface area contributed by atoms with Crippen LogP contribution in [-0.2, 0) is 0 Å². The molecule has 0 aromatic rings. The van der Waals surface area contributed by atoms with Crippen molar-refractivity contribution in [2.24, 2.45) is 5.92 Å². The number of piperidine rings is 1. The number of likely N-dealkylation sites (tertiary alicyclic amines) is 1. The second-order valence-corrected chi connectivity index (χ2v) is 5.46. The number of nitrogens with one attached hydrogen (secondary N) is 1. The minimum atomic E-state index is -0.385. The molecule has 1 saturated heterocycles. The van der Waals surface area contributed by atoms with Gasteiger partial charge in [-0.3, -0.25) is 0 Å². The maximum atomic E-state index is 11.8. The Hall–Kier alpha value is -0.770. The number of rotatable bonds is 0. The summed E-state index contributed by atoms with van der Waals surface area (Å²) in [4.78, 5) is 13.5. The molecule has 0 spiro atoms. The number of nitrogens with zero attached hydrogens (tertiary/aromatic N) is 1. The van der Waals surface area contributed by atoms with Crippen LogP contribution in [0.15, 0.2) is 0 Å². The van der Waals surface area contributed by atoms with E-state index in [1.165, 1.54) is 0 Å². The van der Waals surface area contributed by atoms with Gasteiger partial charge in [0.25, 0.3) is 0 Å². The standard InChI is InChI=1S/C11H22N2O2/c1-8-5-6-13(7-9(8)14)10(15)12-11(2,3)4/h8-9,14H,5-7H2,1-4H3,(H,12,15). The molecule has 0 aliphatic carbocycles. The van der Waals surface area contributed by atoms with Crippen LogP contribution in [0.3, 0.4) is 0 Å². The molecule has 15 heavy (non-hydrogen) atoms. The first kappa shape index (κ1) is 12.3. The Morgan fingerprint density at radius 2 is 2.07 bits per heavy atom. The molecule has 1 fully saturated rings. The Morgan fingerprint density at radius 1 is 1.47 bits per heavy atom. The zero-order valence-electron chi connectivity index (χ0n) is 10.1. The van der Waals surface area contributed by atoms with Crippen molar-refractivity contribution in [2.75, 3.05) is 13.1 Å². The molecule has 0 radical (unpaired) electrons. The molecule has 2 unspecified atom stereocenters. The molecule has 0 aromatic carbocycles. The van der Waals surface area contributed by atoms with Gasteiger partial charge in [0.1, 0.15) is 0 Å². The minimum Gasteiger partial charge on any atom is -0.391 e. The summed E-state index contributed by atoms with van der Waals surface area (Å²) in [7, 11) is 0. The van der Waals surface area contributed by atoms with Gasteiger partial charge in [0.05, 0.1) is 6.10 Å². The fourth-order valence-electron chi connectivity index (χ4n) is 1.63. The molecule has 0 bridgehead atoms. The molecule has 4 nitrogen and oxygen atoms in total. The molecule has 0 aromatic heterocycles. The van der Waals surface area contributed by atoms with Crippen molar-refractivity contribution in [3.63, 3.8) is 0 Å². The molecule has 1 rings (SSSR count). The van der Waals surface area contributed by atoms with Gasteiger partial charge in [-0.1, -0.05) is 6.92 Å². The molecule has 1 aliphatic heterocycles. The van der Waals surface area contributed by atoms with Crippen LogP contribution in [0.25, 0.3) is 0 Å². The second-order valence-electron chi connectivity index (χ2n) is 5.46. The van der Waals surface area contributed by atoms with Crippen LogP contribution in [0, 0.1) is 5.92 Å². The van der Waals surface area contributed by atoms with Crippen molar-refractivity contribution >= 4 is 6.03 Å². The number of hydrogen-bond acceptors (Lipinski definition) is 2. The Kier molecular flexibility index (Phi) is 3.60. The normalized spacial score (nSPS) is 27.7. The van der Waals surface area contributed by atoms with E-state index in [1.807, 2.05) is 27.7 Å². The summed E-state index contributed by atoms with van der Waals surface area (Å²) in [6.07, 6.45) is 0.489. The van der Waals surface area contributed by atoms with Gasteiger partial charge in [-0.05, 0) is 33.1 Å². The molecule has 4 heteroatoms. The highest BCUT2D eigenvalue weighted by Gasteiger charge is 2.28. The van der Waals surface area contributed by atoms with Gasteiger partial charge < -0.3 is 15.3 Å². The van der Waals surface area contributed by atoms with Gasteiger partial charge in [-0.25, -0.2) is 4.79 Å². The SMILES string of the molecule is CC1CCN(C(=O)NC(C)(C)C)CC1O. The largest absolute Gasteiger partial charge is 0.391 e. The number of urea groups is 1. The highest BCUT2D eigenvalue weighted by molar-refractivity contribution is 5.75. The number of carbonyl (C=O) groups is 1. The van der Waals surface area contributed by atoms with Crippen LogP contribution in [0.1, 0.15) is 34.1 Å². The zero-order chi connectivity index (χ0) is 11.6. The molecule has 2 atom stereocenters. The molecule has 1 heterocycles. The number of carbonyl (C=O) groups excluding carboxylic acids is 1. The van der Waals surface area contributed by atoms with Crippen molar-refractivity contribution in [3.05, 3.63) is 0 Å². The van der Waals surface area contributed by atoms with Gasteiger partial charge in [-0.2, -0.15) is 0 Å². The van der Waals surface area contributed by atoms with Gasteiger partial charge in [0.2, 0.25) is 0 Å². The predicted molar refractivity (Wildman–Crippen MR) is 59.6 cm³/mol. The fraction of sp³-hybridized carbons (Fsp3) is 0.909. The minimum absolute atomic E-state index is 0.0755. The summed E-state index contributed by atoms with van der Waals surface area (Å²) in [5.74, 6) is 0.295. The number of hydrogen-bond donors (Lipinski definition) is 2. The number of aliphatic hydroxyl groups is 1. The van der Waals surface area contributed by atoms with E-state index in [2.05, 4.69) is 5.32 Å². The summed E-state index contributed by atoms with van der Waals surface area (Å²) in [5.41, 5.74) is -0.217. The lowest BCUT2D eigenvalue weighted by molar-refractivity contribution is 0.0423. The summed E-state index contributed by atoms with van der Waals surface area (Å²) in [6.45, 7) is 9.06. The molecular formula is C11H22N2O2. The van der Waals surface area contributed by atoms with Crippen molar-refractivity contribution in [1.82, 2.24) is 10.2 Å². The first-order chi connectivity index (χ1) is 6.79. The maximum absolute atomic E-state index is 11.8. The van der Waals surface area contributed by atoms with Crippen LogP contribution in [-0.4, -0.2) is 40.8 Å². The lowest BCUT2D eigenvalue weighted by Gasteiger charge is -2.36. The Bertz CT molecular complexity index is 235. The van der Waals surface area contributed by atoms with Crippen molar-refractivity contribution in [1.29, 1.82) is 0 Å². The summed E-state index contributed by atoms with van der Waals surface area (Å²) in [6, 6.07) is -0.0755. The number of aliphatic hydroxyl groups excluding tert-OH is 1. The van der Waals surface area contributed by atoms with Crippen LogP contribution in [0.5, 0.6) is 0 Å². The predicted octanol–water partition coefficient (Wildman–Crippen LogP) is 1.20. The molecular weight excluding hydrogens is 192 g/mol. The fourth-order valence-corrected chi connectivity index (χ4v) is 1.63. The van der Waals surface area contributed by atoms with Crippen molar-refractivity contribution in [2.45, 2.75) is 45.8 Å². The Labute approximate surface area is 91.6 Å². The highest BCUT2D eigenvalue weighted by Crippen LogP contribution is 2.17. The average Bonchev–Trinajstić information content (AvgIpc) is 2.06. The monoisotopic (exact) mass is 214 g/mol. The third-order valence-corrected chi connectivity index (χ3v) is 2.69. The quantitative estimate of drug-likeness (QED) is 0.636. The van der Waals surface area contributed by atoms with E-state index in [0.717, 1.165) is 13.0 Å². The van der Waals surface area contributed by atoms with E-state index < -0.39 is 0 Å². The van der Waals surface area contributed by atoms with E-state index in [4.69, 9.17) is 0 Å². The number of β-amino-alcohol motifs (C(OH)–C–C–N with tert-alkyl or cyclic N) is 1. The molecule has 2 N–H and O–H groups in total. The van der Waals surface area contributed by atoms with Crippen molar-refractivity contribution < 1.29 is 9.90 Å². The zero-order valence-corrected chi connectivity index (χ0v) is 10.1. The lowest BCUT2D eigenvalue weighted by Crippen LogP contribution is -2.53. The summed E-state index contributed by atoms with van der Waals surface area (Å²) in [5, 5.41) is 12.6. The first-order valence-electron chi connectivity index (χ1n) is 5.55. The lowest BCUT2D eigenvalue weighted by atomic mass is 9.96. The third kappa shape index (κ3) is 3.70. The van der Waals surface area contributed by atoms with Crippen LogP contribution >= 0.6 is 0 Å².